The average molecular weight is 555 g/mol. The summed E-state index contributed by atoms with van der Waals surface area (Å²) in [6.07, 6.45) is -0.539. The fourth-order valence-corrected chi connectivity index (χ4v) is 5.86. The first-order valence-corrected chi connectivity index (χ1v) is 13.9. The third-order valence-corrected chi connectivity index (χ3v) is 8.01. The van der Waals surface area contributed by atoms with E-state index in [0.717, 1.165) is 22.3 Å². The molecular formula is C31H39FN2O6. The maximum atomic E-state index is 13.6. The number of carbonyl (C=O) groups excluding carboxylic acids is 2. The summed E-state index contributed by atoms with van der Waals surface area (Å²) in [7, 11) is 0. The van der Waals surface area contributed by atoms with Crippen LogP contribution in [0.1, 0.15) is 64.0 Å². The number of carbonyl (C=O) groups is 3. The molecule has 1 atom stereocenters. The van der Waals surface area contributed by atoms with Gasteiger partial charge in [0, 0.05) is 25.6 Å². The summed E-state index contributed by atoms with van der Waals surface area (Å²) in [6.45, 7) is 6.70. The normalized spacial score (nSPS) is 17.0. The lowest BCUT2D eigenvalue weighted by Gasteiger charge is -2.45. The molecule has 0 radical (unpaired) electrons. The van der Waals surface area contributed by atoms with Gasteiger partial charge in [-0.2, -0.15) is 0 Å². The Morgan fingerprint density at radius 3 is 2.02 bits per heavy atom. The quantitative estimate of drug-likeness (QED) is 0.424. The monoisotopic (exact) mass is 554 g/mol. The van der Waals surface area contributed by atoms with Crippen molar-refractivity contribution >= 4 is 18.2 Å². The molecule has 1 aliphatic carbocycles. The molecule has 1 saturated heterocycles. The lowest BCUT2D eigenvalue weighted by molar-refractivity contribution is -0.154. The molecule has 1 fully saturated rings. The maximum absolute atomic E-state index is 13.6. The van der Waals surface area contributed by atoms with Crippen molar-refractivity contribution in [2.75, 3.05) is 32.9 Å². The Balaban J connectivity index is 1.51. The largest absolute Gasteiger partial charge is 0.479 e. The van der Waals surface area contributed by atoms with E-state index >= 15 is 0 Å². The van der Waals surface area contributed by atoms with Gasteiger partial charge in [0.2, 0.25) is 0 Å². The summed E-state index contributed by atoms with van der Waals surface area (Å²) in [5.41, 5.74) is 1.97. The van der Waals surface area contributed by atoms with Crippen LogP contribution in [-0.4, -0.2) is 77.1 Å². The van der Waals surface area contributed by atoms with E-state index in [9.17, 15) is 23.9 Å². The van der Waals surface area contributed by atoms with Crippen LogP contribution in [0.3, 0.4) is 0 Å². The maximum Gasteiger partial charge on any atom is 0.410 e. The molecule has 0 aromatic heterocycles. The van der Waals surface area contributed by atoms with Crippen LogP contribution in [0.4, 0.5) is 14.0 Å². The molecule has 2 amide bonds. The Morgan fingerprint density at radius 2 is 1.52 bits per heavy atom. The zero-order valence-electron chi connectivity index (χ0n) is 23.7. The highest BCUT2D eigenvalue weighted by molar-refractivity contribution is 5.85. The summed E-state index contributed by atoms with van der Waals surface area (Å²) in [5.74, 6) is -1.84. The van der Waals surface area contributed by atoms with Crippen LogP contribution in [0.15, 0.2) is 48.5 Å². The molecule has 1 heterocycles. The fourth-order valence-electron chi connectivity index (χ4n) is 5.86. The van der Waals surface area contributed by atoms with Gasteiger partial charge in [0.25, 0.3) is 0 Å². The number of piperidine rings is 1. The Kier molecular flexibility index (Phi) is 8.71. The number of hydrogen-bond donors (Lipinski definition) is 1. The SMILES string of the molecule is CC(C)(C)OC(=O)N1CCC(C(C)(C(=O)O)N(CCCF)C(=O)OCC2c3ccccc3-c3ccccc32)CC1. The van der Waals surface area contributed by atoms with E-state index in [1.54, 1.807) is 25.7 Å². The lowest BCUT2D eigenvalue weighted by atomic mass is 9.77. The van der Waals surface area contributed by atoms with Gasteiger partial charge in [-0.05, 0) is 75.1 Å². The predicted octanol–water partition coefficient (Wildman–Crippen LogP) is 6.09. The van der Waals surface area contributed by atoms with E-state index in [4.69, 9.17) is 9.47 Å². The number of benzene rings is 2. The minimum atomic E-state index is -1.64. The molecule has 4 rings (SSSR count). The predicted molar refractivity (Wildman–Crippen MR) is 149 cm³/mol. The first kappa shape index (κ1) is 29.4. The Morgan fingerprint density at radius 1 is 0.975 bits per heavy atom. The second kappa shape index (κ2) is 11.9. The zero-order valence-corrected chi connectivity index (χ0v) is 23.7. The van der Waals surface area contributed by atoms with E-state index < -0.39 is 41.9 Å². The summed E-state index contributed by atoms with van der Waals surface area (Å²) < 4.78 is 24.6. The van der Waals surface area contributed by atoms with Gasteiger partial charge in [-0.25, -0.2) is 14.4 Å². The number of carboxylic acids is 1. The standard InChI is InChI=1S/C31H39FN2O6/c1-30(2,3)40-28(37)33-18-14-21(15-19-33)31(4,27(35)36)34(17-9-16-32)29(38)39-20-26-24-12-7-5-10-22(24)23-11-6-8-13-25(23)26/h5-8,10-13,21,26H,9,14-20H2,1-4H3,(H,35,36). The van der Waals surface area contributed by atoms with E-state index in [1.807, 2.05) is 48.5 Å². The third-order valence-electron chi connectivity index (χ3n) is 8.01. The number of carboxylic acid groups (broad SMARTS) is 1. The minimum Gasteiger partial charge on any atom is -0.479 e. The molecule has 8 nitrogen and oxygen atoms in total. The molecule has 216 valence electrons. The summed E-state index contributed by atoms with van der Waals surface area (Å²) in [5, 5.41) is 10.4. The van der Waals surface area contributed by atoms with Crippen molar-refractivity contribution < 1.29 is 33.4 Å². The van der Waals surface area contributed by atoms with Gasteiger partial charge in [0.1, 0.15) is 17.7 Å². The number of rotatable bonds is 8. The van der Waals surface area contributed by atoms with Crippen LogP contribution >= 0.6 is 0 Å². The average Bonchev–Trinajstić information content (AvgIpc) is 3.24. The second-order valence-electron chi connectivity index (χ2n) is 11.7. The first-order chi connectivity index (χ1) is 19.0. The van der Waals surface area contributed by atoms with Crippen molar-refractivity contribution in [3.63, 3.8) is 0 Å². The number of aliphatic carboxylic acids is 1. The molecule has 0 spiro atoms. The van der Waals surface area contributed by atoms with E-state index in [2.05, 4.69) is 0 Å². The number of alkyl halides is 1. The van der Waals surface area contributed by atoms with Gasteiger partial charge in [0.05, 0.1) is 6.67 Å². The highest BCUT2D eigenvalue weighted by Gasteiger charge is 2.50. The Labute approximate surface area is 235 Å². The van der Waals surface area contributed by atoms with Gasteiger partial charge >= 0.3 is 18.2 Å². The number of fused-ring (bicyclic) bond motifs is 3. The van der Waals surface area contributed by atoms with Crippen LogP contribution in [0.25, 0.3) is 11.1 Å². The highest BCUT2D eigenvalue weighted by atomic mass is 19.1. The lowest BCUT2D eigenvalue weighted by Crippen LogP contribution is -2.62. The van der Waals surface area contributed by atoms with Gasteiger partial charge in [-0.15, -0.1) is 0 Å². The molecule has 9 heteroatoms. The summed E-state index contributed by atoms with van der Waals surface area (Å²) in [6, 6.07) is 15.9. The minimum absolute atomic E-state index is 0.0101. The number of amides is 2. The molecule has 2 aromatic carbocycles. The summed E-state index contributed by atoms with van der Waals surface area (Å²) >= 11 is 0. The fraction of sp³-hybridized carbons (Fsp3) is 0.516. The number of hydrogen-bond acceptors (Lipinski definition) is 5. The van der Waals surface area contributed by atoms with Crippen molar-refractivity contribution in [3.8, 4) is 11.1 Å². The van der Waals surface area contributed by atoms with Crippen LogP contribution in [0, 0.1) is 5.92 Å². The molecule has 2 aliphatic rings. The van der Waals surface area contributed by atoms with Crippen molar-refractivity contribution in [2.45, 2.75) is 64.0 Å². The molecule has 40 heavy (non-hydrogen) atoms. The van der Waals surface area contributed by atoms with Crippen molar-refractivity contribution in [3.05, 3.63) is 59.7 Å². The number of halogens is 1. The van der Waals surface area contributed by atoms with Crippen LogP contribution in [-0.2, 0) is 14.3 Å². The smallest absolute Gasteiger partial charge is 0.410 e. The first-order valence-electron chi connectivity index (χ1n) is 13.9. The third kappa shape index (κ3) is 5.93. The Bertz CT molecular complexity index is 1190. The summed E-state index contributed by atoms with van der Waals surface area (Å²) in [4.78, 5) is 41.6. The molecular weight excluding hydrogens is 515 g/mol. The topological polar surface area (TPSA) is 96.4 Å². The molecule has 1 N–H and O–H groups in total. The van der Waals surface area contributed by atoms with E-state index in [-0.39, 0.29) is 25.5 Å². The zero-order chi connectivity index (χ0) is 29.1. The van der Waals surface area contributed by atoms with Crippen LogP contribution in [0.2, 0.25) is 0 Å². The van der Waals surface area contributed by atoms with Gasteiger partial charge in [-0.1, -0.05) is 48.5 Å². The molecule has 2 aromatic rings. The van der Waals surface area contributed by atoms with E-state index in [1.165, 1.54) is 11.8 Å². The number of likely N-dealkylation sites (tertiary alicyclic amines) is 1. The van der Waals surface area contributed by atoms with Crippen molar-refractivity contribution in [2.24, 2.45) is 5.92 Å². The molecule has 0 bridgehead atoms. The van der Waals surface area contributed by atoms with Crippen molar-refractivity contribution in [1.82, 2.24) is 9.80 Å². The van der Waals surface area contributed by atoms with Gasteiger partial charge < -0.3 is 19.5 Å². The molecule has 1 aliphatic heterocycles. The van der Waals surface area contributed by atoms with Crippen LogP contribution in [0.5, 0.6) is 0 Å². The highest BCUT2D eigenvalue weighted by Crippen LogP contribution is 2.44. The van der Waals surface area contributed by atoms with Gasteiger partial charge in [0.15, 0.2) is 0 Å². The second-order valence-corrected chi connectivity index (χ2v) is 11.7. The number of nitrogens with zero attached hydrogens (tertiary/aromatic N) is 2. The molecule has 1 unspecified atom stereocenters. The van der Waals surface area contributed by atoms with Gasteiger partial charge in [-0.3, -0.25) is 9.29 Å². The van der Waals surface area contributed by atoms with Crippen molar-refractivity contribution in [1.29, 1.82) is 0 Å². The van der Waals surface area contributed by atoms with E-state index in [0.29, 0.717) is 25.9 Å². The Hall–Kier alpha value is -3.62. The van der Waals surface area contributed by atoms with Crippen LogP contribution < -0.4 is 0 Å². The number of ether oxygens (including phenoxy) is 2. The molecule has 0 saturated carbocycles.